The zero-order chi connectivity index (χ0) is 14.7. The van der Waals surface area contributed by atoms with Gasteiger partial charge in [-0.1, -0.05) is 0 Å². The molecule has 0 heterocycles. The molecule has 0 aliphatic carbocycles. The Labute approximate surface area is 112 Å². The summed E-state index contributed by atoms with van der Waals surface area (Å²) in [7, 11) is 0. The predicted octanol–water partition coefficient (Wildman–Crippen LogP) is 2.92. The van der Waals surface area contributed by atoms with Gasteiger partial charge in [-0.25, -0.2) is 13.6 Å². The highest BCUT2D eigenvalue weighted by Crippen LogP contribution is 2.14. The lowest BCUT2D eigenvalue weighted by molar-refractivity contribution is 0.0696. The van der Waals surface area contributed by atoms with Gasteiger partial charge in [0.15, 0.2) is 0 Å². The van der Waals surface area contributed by atoms with E-state index in [-0.39, 0.29) is 11.1 Å². The van der Waals surface area contributed by atoms with E-state index in [0.29, 0.717) is 11.8 Å². The molecular formula is C14H9F2NO3. The highest BCUT2D eigenvalue weighted by atomic mass is 19.1. The molecule has 0 saturated carbocycles. The number of carboxylic acids is 1. The monoisotopic (exact) mass is 277 g/mol. The van der Waals surface area contributed by atoms with Crippen molar-refractivity contribution >= 4 is 17.6 Å². The number of amides is 1. The molecule has 0 unspecified atom stereocenters. The number of carbonyl (C=O) groups excluding carboxylic acids is 1. The zero-order valence-electron chi connectivity index (χ0n) is 10.1. The van der Waals surface area contributed by atoms with Gasteiger partial charge in [-0.05, 0) is 36.4 Å². The van der Waals surface area contributed by atoms with Gasteiger partial charge in [0.25, 0.3) is 5.91 Å². The van der Waals surface area contributed by atoms with Crippen LogP contribution in [0.15, 0.2) is 42.5 Å². The van der Waals surface area contributed by atoms with E-state index in [4.69, 9.17) is 5.11 Å². The van der Waals surface area contributed by atoms with Crippen LogP contribution in [0.25, 0.3) is 0 Å². The SMILES string of the molecule is O=C(O)c1ccc(NC(=O)c2ccc(F)cc2F)cc1. The van der Waals surface area contributed by atoms with Crippen molar-refractivity contribution in [3.8, 4) is 0 Å². The number of hydrogen-bond acceptors (Lipinski definition) is 2. The van der Waals surface area contributed by atoms with Crippen molar-refractivity contribution in [2.24, 2.45) is 0 Å². The zero-order valence-corrected chi connectivity index (χ0v) is 10.1. The summed E-state index contributed by atoms with van der Waals surface area (Å²) in [5, 5.41) is 11.1. The summed E-state index contributed by atoms with van der Waals surface area (Å²) >= 11 is 0. The van der Waals surface area contributed by atoms with Gasteiger partial charge in [-0.3, -0.25) is 4.79 Å². The molecule has 20 heavy (non-hydrogen) atoms. The fourth-order valence-electron chi connectivity index (χ4n) is 1.57. The molecular weight excluding hydrogens is 268 g/mol. The third-order valence-corrected chi connectivity index (χ3v) is 2.57. The first kappa shape index (κ1) is 13.7. The average Bonchev–Trinajstić information content (AvgIpc) is 2.39. The number of carboxylic acid groups (broad SMARTS) is 1. The minimum Gasteiger partial charge on any atom is -0.478 e. The number of aromatic carboxylic acids is 1. The minimum atomic E-state index is -1.09. The summed E-state index contributed by atoms with van der Waals surface area (Å²) in [6.07, 6.45) is 0. The Hall–Kier alpha value is -2.76. The second kappa shape index (κ2) is 5.48. The third-order valence-electron chi connectivity index (χ3n) is 2.57. The summed E-state index contributed by atoms with van der Waals surface area (Å²) in [5.41, 5.74) is 0.0772. The highest BCUT2D eigenvalue weighted by molar-refractivity contribution is 6.04. The van der Waals surface area contributed by atoms with Gasteiger partial charge in [0.05, 0.1) is 11.1 Å². The molecule has 2 N–H and O–H groups in total. The molecule has 4 nitrogen and oxygen atoms in total. The Balaban J connectivity index is 2.17. The van der Waals surface area contributed by atoms with Gasteiger partial charge in [0.2, 0.25) is 0 Å². The molecule has 0 saturated heterocycles. The molecule has 2 aromatic rings. The van der Waals surface area contributed by atoms with Gasteiger partial charge in [-0.15, -0.1) is 0 Å². The first-order valence-corrected chi connectivity index (χ1v) is 5.57. The van der Waals surface area contributed by atoms with Crippen molar-refractivity contribution in [3.05, 3.63) is 65.2 Å². The maximum atomic E-state index is 13.4. The van der Waals surface area contributed by atoms with Crippen LogP contribution >= 0.6 is 0 Å². The first-order chi connectivity index (χ1) is 9.47. The Morgan fingerprint density at radius 3 is 2.20 bits per heavy atom. The van der Waals surface area contributed by atoms with Crippen LogP contribution < -0.4 is 5.32 Å². The molecule has 2 aromatic carbocycles. The summed E-state index contributed by atoms with van der Waals surface area (Å²) in [6.45, 7) is 0. The Bertz CT molecular complexity index is 669. The van der Waals surface area contributed by atoms with Crippen molar-refractivity contribution < 1.29 is 23.5 Å². The number of hydrogen-bond donors (Lipinski definition) is 2. The van der Waals surface area contributed by atoms with Crippen molar-refractivity contribution in [1.82, 2.24) is 0 Å². The maximum absolute atomic E-state index is 13.4. The molecule has 2 rings (SSSR count). The van der Waals surface area contributed by atoms with Crippen LogP contribution in [0.2, 0.25) is 0 Å². The number of halogens is 2. The number of rotatable bonds is 3. The van der Waals surface area contributed by atoms with Gasteiger partial charge < -0.3 is 10.4 Å². The molecule has 0 aromatic heterocycles. The molecule has 6 heteroatoms. The first-order valence-electron chi connectivity index (χ1n) is 5.57. The molecule has 0 atom stereocenters. The molecule has 0 aliphatic rings. The second-order valence-electron chi connectivity index (χ2n) is 3.96. The third kappa shape index (κ3) is 2.97. The minimum absolute atomic E-state index is 0.0657. The molecule has 1 amide bonds. The van der Waals surface area contributed by atoms with E-state index in [1.807, 2.05) is 0 Å². The Morgan fingerprint density at radius 1 is 1.00 bits per heavy atom. The van der Waals surface area contributed by atoms with Crippen LogP contribution in [0.4, 0.5) is 14.5 Å². The second-order valence-corrected chi connectivity index (χ2v) is 3.96. The van der Waals surface area contributed by atoms with Gasteiger partial charge in [-0.2, -0.15) is 0 Å². The number of nitrogens with one attached hydrogen (secondary N) is 1. The summed E-state index contributed by atoms with van der Waals surface area (Å²) in [6, 6.07) is 7.99. The molecule has 0 fully saturated rings. The summed E-state index contributed by atoms with van der Waals surface area (Å²) in [4.78, 5) is 22.4. The quantitative estimate of drug-likeness (QED) is 0.906. The van der Waals surface area contributed by atoms with Gasteiger partial charge in [0, 0.05) is 11.8 Å². The Morgan fingerprint density at radius 2 is 1.65 bits per heavy atom. The topological polar surface area (TPSA) is 66.4 Å². The largest absolute Gasteiger partial charge is 0.478 e. The Kier molecular flexibility index (Phi) is 3.74. The fourth-order valence-corrected chi connectivity index (χ4v) is 1.57. The van der Waals surface area contributed by atoms with Crippen LogP contribution in [-0.4, -0.2) is 17.0 Å². The van der Waals surface area contributed by atoms with E-state index >= 15 is 0 Å². The standard InChI is InChI=1S/C14H9F2NO3/c15-9-3-6-11(12(16)7-9)13(18)17-10-4-1-8(2-5-10)14(19)20/h1-7H,(H,17,18)(H,19,20). The van der Waals surface area contributed by atoms with Crippen molar-refractivity contribution in [2.45, 2.75) is 0 Å². The molecule has 0 spiro atoms. The molecule has 0 radical (unpaired) electrons. The van der Waals surface area contributed by atoms with Crippen LogP contribution in [0, 0.1) is 11.6 Å². The lowest BCUT2D eigenvalue weighted by Crippen LogP contribution is -2.14. The van der Waals surface area contributed by atoms with Gasteiger partial charge in [0.1, 0.15) is 11.6 Å². The molecule has 0 bridgehead atoms. The lowest BCUT2D eigenvalue weighted by atomic mass is 10.1. The fraction of sp³-hybridized carbons (Fsp3) is 0. The van der Waals surface area contributed by atoms with E-state index in [0.717, 1.165) is 12.1 Å². The molecule has 0 aliphatic heterocycles. The summed E-state index contributed by atoms with van der Waals surface area (Å²) < 4.78 is 26.1. The highest BCUT2D eigenvalue weighted by Gasteiger charge is 2.12. The maximum Gasteiger partial charge on any atom is 0.335 e. The summed E-state index contributed by atoms with van der Waals surface area (Å²) in [5.74, 6) is -3.58. The van der Waals surface area contributed by atoms with E-state index in [1.165, 1.54) is 24.3 Å². The van der Waals surface area contributed by atoms with E-state index in [9.17, 15) is 18.4 Å². The normalized spacial score (nSPS) is 10.1. The van der Waals surface area contributed by atoms with Crippen LogP contribution in [0.3, 0.4) is 0 Å². The van der Waals surface area contributed by atoms with Crippen LogP contribution in [0.1, 0.15) is 20.7 Å². The predicted molar refractivity (Wildman–Crippen MR) is 67.7 cm³/mol. The smallest absolute Gasteiger partial charge is 0.335 e. The van der Waals surface area contributed by atoms with Crippen molar-refractivity contribution in [2.75, 3.05) is 5.32 Å². The van der Waals surface area contributed by atoms with Gasteiger partial charge >= 0.3 is 5.97 Å². The van der Waals surface area contributed by atoms with Crippen molar-refractivity contribution in [1.29, 1.82) is 0 Å². The van der Waals surface area contributed by atoms with E-state index in [2.05, 4.69) is 5.32 Å². The van der Waals surface area contributed by atoms with E-state index in [1.54, 1.807) is 0 Å². The van der Waals surface area contributed by atoms with E-state index < -0.39 is 23.5 Å². The molecule has 102 valence electrons. The van der Waals surface area contributed by atoms with Crippen LogP contribution in [0.5, 0.6) is 0 Å². The average molecular weight is 277 g/mol. The number of anilines is 1. The van der Waals surface area contributed by atoms with Crippen LogP contribution in [-0.2, 0) is 0 Å². The lowest BCUT2D eigenvalue weighted by Gasteiger charge is -2.06. The van der Waals surface area contributed by atoms with Crippen molar-refractivity contribution in [3.63, 3.8) is 0 Å². The number of benzene rings is 2. The number of carbonyl (C=O) groups is 2.